The van der Waals surface area contributed by atoms with E-state index in [-0.39, 0.29) is 10.8 Å². The molecular weight excluding hydrogens is 348 g/mol. The largest absolute Gasteiger partial charge is 0.345 e. The van der Waals surface area contributed by atoms with Crippen molar-refractivity contribution < 1.29 is 13.2 Å². The maximum absolute atomic E-state index is 12.7. The van der Waals surface area contributed by atoms with Gasteiger partial charge in [-0.15, -0.1) is 0 Å². The summed E-state index contributed by atoms with van der Waals surface area (Å²) in [4.78, 5) is 13.7. The van der Waals surface area contributed by atoms with Gasteiger partial charge in [0.2, 0.25) is 0 Å². The molecule has 0 aliphatic carbocycles. The molecule has 0 saturated carbocycles. The van der Waals surface area contributed by atoms with Crippen LogP contribution in [0.2, 0.25) is 0 Å². The highest BCUT2D eigenvalue weighted by atomic mass is 32.2. The van der Waals surface area contributed by atoms with Gasteiger partial charge in [0.1, 0.15) is 0 Å². The Labute approximate surface area is 156 Å². The third kappa shape index (κ3) is 4.85. The number of sulfonamides is 1. The molecule has 0 radical (unpaired) electrons. The number of nitrogens with zero attached hydrogens (tertiary/aromatic N) is 1. The van der Waals surface area contributed by atoms with E-state index in [9.17, 15) is 13.2 Å². The van der Waals surface area contributed by atoms with Crippen molar-refractivity contribution in [1.82, 2.24) is 4.90 Å². The molecule has 0 fully saturated rings. The molecule has 2 aromatic rings. The molecule has 0 atom stereocenters. The minimum atomic E-state index is -3.76. The fourth-order valence-corrected chi connectivity index (χ4v) is 3.66. The van der Waals surface area contributed by atoms with Crippen LogP contribution < -0.4 is 4.72 Å². The number of unbranched alkanes of at least 4 members (excludes halogenated alkanes) is 1. The molecule has 2 aromatic carbocycles. The van der Waals surface area contributed by atoms with Gasteiger partial charge >= 0.3 is 0 Å². The van der Waals surface area contributed by atoms with Gasteiger partial charge in [-0.2, -0.15) is 0 Å². The molecule has 0 aliphatic rings. The molecule has 0 unspecified atom stereocenters. The van der Waals surface area contributed by atoms with E-state index in [0.29, 0.717) is 11.3 Å². The van der Waals surface area contributed by atoms with E-state index < -0.39 is 10.0 Å². The molecule has 0 bridgehead atoms. The van der Waals surface area contributed by atoms with Gasteiger partial charge in [-0.25, -0.2) is 8.42 Å². The summed E-state index contributed by atoms with van der Waals surface area (Å²) >= 11 is 0. The molecule has 1 amide bonds. The Morgan fingerprint density at radius 2 is 1.73 bits per heavy atom. The molecule has 140 valence electrons. The van der Waals surface area contributed by atoms with Gasteiger partial charge in [0.05, 0.1) is 4.90 Å². The Bertz CT molecular complexity index is 872. The lowest BCUT2D eigenvalue weighted by atomic mass is 10.1. The first-order valence-corrected chi connectivity index (χ1v) is 10.2. The standard InChI is InChI=1S/C20H26N2O3S/c1-5-6-7-16-9-11-17(12-10-16)21-26(24,25)18-13-8-15(2)19(14-18)20(23)22(3)4/h8-14,21H,5-7H2,1-4H3. The van der Waals surface area contributed by atoms with E-state index in [1.165, 1.54) is 22.6 Å². The van der Waals surface area contributed by atoms with E-state index in [0.717, 1.165) is 24.8 Å². The summed E-state index contributed by atoms with van der Waals surface area (Å²) < 4.78 is 27.9. The second-order valence-corrected chi connectivity index (χ2v) is 8.26. The molecule has 0 spiro atoms. The molecular formula is C20H26N2O3S. The third-order valence-corrected chi connectivity index (χ3v) is 5.56. The van der Waals surface area contributed by atoms with Gasteiger partial charge in [-0.1, -0.05) is 31.5 Å². The van der Waals surface area contributed by atoms with Crippen molar-refractivity contribution in [3.05, 3.63) is 59.2 Å². The summed E-state index contributed by atoms with van der Waals surface area (Å²) in [6, 6.07) is 12.0. The van der Waals surface area contributed by atoms with E-state index >= 15 is 0 Å². The number of hydrogen-bond acceptors (Lipinski definition) is 3. The predicted octanol–water partition coefficient (Wildman–Crippen LogP) is 3.84. The summed E-state index contributed by atoms with van der Waals surface area (Å²) in [6.45, 7) is 3.93. The zero-order valence-corrected chi connectivity index (χ0v) is 16.6. The number of carbonyl (C=O) groups excluding carboxylic acids is 1. The van der Waals surface area contributed by atoms with Gasteiger partial charge in [-0.05, 0) is 55.2 Å². The first kappa shape index (κ1) is 20.0. The number of amides is 1. The number of rotatable bonds is 7. The fourth-order valence-electron chi connectivity index (χ4n) is 2.57. The van der Waals surface area contributed by atoms with Gasteiger partial charge in [0, 0.05) is 25.3 Å². The summed E-state index contributed by atoms with van der Waals surface area (Å²) in [5, 5.41) is 0. The van der Waals surface area contributed by atoms with Crippen molar-refractivity contribution in [2.75, 3.05) is 18.8 Å². The average molecular weight is 375 g/mol. The summed E-state index contributed by atoms with van der Waals surface area (Å²) in [5.41, 5.74) is 2.81. The average Bonchev–Trinajstić information content (AvgIpc) is 2.60. The minimum absolute atomic E-state index is 0.0726. The van der Waals surface area contributed by atoms with Crippen LogP contribution in [0.5, 0.6) is 0 Å². The summed E-state index contributed by atoms with van der Waals surface area (Å²) in [7, 11) is -0.482. The SMILES string of the molecule is CCCCc1ccc(NS(=O)(=O)c2ccc(C)c(C(=O)N(C)C)c2)cc1. The maximum atomic E-state index is 12.7. The van der Waals surface area contributed by atoms with Crippen LogP contribution in [0.1, 0.15) is 41.3 Å². The van der Waals surface area contributed by atoms with Crippen molar-refractivity contribution in [2.24, 2.45) is 0 Å². The van der Waals surface area contributed by atoms with Crippen LogP contribution in [-0.4, -0.2) is 33.3 Å². The number of hydrogen-bond donors (Lipinski definition) is 1. The maximum Gasteiger partial charge on any atom is 0.261 e. The fraction of sp³-hybridized carbons (Fsp3) is 0.350. The van der Waals surface area contributed by atoms with Crippen LogP contribution in [0.25, 0.3) is 0 Å². The van der Waals surface area contributed by atoms with Crippen molar-refractivity contribution in [2.45, 2.75) is 38.0 Å². The number of carbonyl (C=O) groups is 1. The number of anilines is 1. The highest BCUT2D eigenvalue weighted by Gasteiger charge is 2.19. The molecule has 26 heavy (non-hydrogen) atoms. The lowest BCUT2D eigenvalue weighted by Gasteiger charge is -2.14. The first-order valence-electron chi connectivity index (χ1n) is 8.68. The lowest BCUT2D eigenvalue weighted by molar-refractivity contribution is 0.0826. The molecule has 0 aromatic heterocycles. The van der Waals surface area contributed by atoms with Gasteiger partial charge in [0.25, 0.3) is 15.9 Å². The normalized spacial score (nSPS) is 11.2. The van der Waals surface area contributed by atoms with Crippen molar-refractivity contribution in [3.8, 4) is 0 Å². The van der Waals surface area contributed by atoms with Crippen LogP contribution >= 0.6 is 0 Å². The Kier molecular flexibility index (Phi) is 6.42. The van der Waals surface area contributed by atoms with Crippen molar-refractivity contribution >= 4 is 21.6 Å². The Balaban J connectivity index is 2.25. The highest BCUT2D eigenvalue weighted by Crippen LogP contribution is 2.21. The number of nitrogens with one attached hydrogen (secondary N) is 1. The molecule has 5 nitrogen and oxygen atoms in total. The Morgan fingerprint density at radius 1 is 1.08 bits per heavy atom. The predicted molar refractivity (Wildman–Crippen MR) is 105 cm³/mol. The smallest absolute Gasteiger partial charge is 0.261 e. The van der Waals surface area contributed by atoms with Gasteiger partial charge in [0.15, 0.2) is 0 Å². The molecule has 1 N–H and O–H groups in total. The zero-order valence-electron chi connectivity index (χ0n) is 15.7. The second-order valence-electron chi connectivity index (χ2n) is 6.58. The second kappa shape index (κ2) is 8.36. The van der Waals surface area contributed by atoms with E-state index in [4.69, 9.17) is 0 Å². The highest BCUT2D eigenvalue weighted by molar-refractivity contribution is 7.92. The lowest BCUT2D eigenvalue weighted by Crippen LogP contribution is -2.23. The van der Waals surface area contributed by atoms with E-state index in [1.54, 1.807) is 39.2 Å². The first-order chi connectivity index (χ1) is 12.2. The molecule has 0 heterocycles. The van der Waals surface area contributed by atoms with Gasteiger partial charge in [-0.3, -0.25) is 9.52 Å². The van der Waals surface area contributed by atoms with Crippen LogP contribution in [0, 0.1) is 6.92 Å². The third-order valence-electron chi connectivity index (χ3n) is 4.18. The van der Waals surface area contributed by atoms with Gasteiger partial charge < -0.3 is 4.90 Å². The Morgan fingerprint density at radius 3 is 2.31 bits per heavy atom. The topological polar surface area (TPSA) is 66.5 Å². The quantitative estimate of drug-likeness (QED) is 0.801. The molecule has 6 heteroatoms. The van der Waals surface area contributed by atoms with Crippen LogP contribution in [0.3, 0.4) is 0 Å². The van der Waals surface area contributed by atoms with Crippen LogP contribution in [0.4, 0.5) is 5.69 Å². The summed E-state index contributed by atoms with van der Waals surface area (Å²) in [6.07, 6.45) is 3.21. The van der Waals surface area contributed by atoms with E-state index in [1.807, 2.05) is 12.1 Å². The van der Waals surface area contributed by atoms with Crippen LogP contribution in [0.15, 0.2) is 47.4 Å². The molecule has 2 rings (SSSR count). The zero-order chi connectivity index (χ0) is 19.3. The monoisotopic (exact) mass is 374 g/mol. The summed E-state index contributed by atoms with van der Waals surface area (Å²) in [5.74, 6) is -0.222. The van der Waals surface area contributed by atoms with Crippen molar-refractivity contribution in [1.29, 1.82) is 0 Å². The molecule has 0 saturated heterocycles. The van der Waals surface area contributed by atoms with Crippen molar-refractivity contribution in [3.63, 3.8) is 0 Å². The van der Waals surface area contributed by atoms with Crippen LogP contribution in [-0.2, 0) is 16.4 Å². The molecule has 0 aliphatic heterocycles. The number of aryl methyl sites for hydroxylation is 2. The van der Waals surface area contributed by atoms with E-state index in [2.05, 4.69) is 11.6 Å². The Hall–Kier alpha value is -2.34. The number of benzene rings is 2. The minimum Gasteiger partial charge on any atom is -0.345 e.